The Hall–Kier alpha value is -5.03. The normalized spacial score (nSPS) is 14.9. The van der Waals surface area contributed by atoms with Gasteiger partial charge in [-0.3, -0.25) is 9.69 Å². The second-order valence-corrected chi connectivity index (χ2v) is 11.6. The molecule has 0 fully saturated rings. The number of carbonyl (C=O) groups is 3. The molecule has 256 valence electrons. The number of aliphatic carboxylic acids is 2. The summed E-state index contributed by atoms with van der Waals surface area (Å²) in [5.41, 5.74) is 6.35. The average Bonchev–Trinajstić information content (AvgIpc) is 3.30. The zero-order valence-corrected chi connectivity index (χ0v) is 27.9. The van der Waals surface area contributed by atoms with Crippen molar-refractivity contribution in [3.8, 4) is 23.0 Å². The Morgan fingerprint density at radius 3 is 1.77 bits per heavy atom. The van der Waals surface area contributed by atoms with Gasteiger partial charge in [-0.2, -0.15) is 0 Å². The van der Waals surface area contributed by atoms with Crippen molar-refractivity contribution in [3.63, 3.8) is 0 Å². The van der Waals surface area contributed by atoms with E-state index < -0.39 is 11.9 Å². The molecule has 0 radical (unpaired) electrons. The number of hydrogen-bond acceptors (Lipinski definition) is 8. The molecule has 5 rings (SSSR count). The van der Waals surface area contributed by atoms with Gasteiger partial charge in [0.25, 0.3) is 0 Å². The number of hydrogen-bond donors (Lipinski definition) is 2. The number of amides is 1. The van der Waals surface area contributed by atoms with Gasteiger partial charge >= 0.3 is 11.9 Å². The van der Waals surface area contributed by atoms with E-state index in [1.165, 1.54) is 27.8 Å². The van der Waals surface area contributed by atoms with Crippen LogP contribution in [0.1, 0.15) is 40.2 Å². The average molecular weight is 661 g/mol. The van der Waals surface area contributed by atoms with Crippen molar-refractivity contribution in [2.75, 3.05) is 54.6 Å². The fourth-order valence-electron chi connectivity index (χ4n) is 6.14. The quantitative estimate of drug-likeness (QED) is 0.251. The molecule has 0 unspecified atom stereocenters. The van der Waals surface area contributed by atoms with Gasteiger partial charge in [0.2, 0.25) is 5.91 Å². The van der Waals surface area contributed by atoms with E-state index in [0.29, 0.717) is 24.5 Å². The van der Waals surface area contributed by atoms with E-state index in [9.17, 15) is 14.4 Å². The molecule has 3 aromatic carbocycles. The standard InChI is InChI=1S/C33H40N2O5.C4H4O4/c1-37-29-17-24-10-14-35(15-11-25(24)18-30(29)38-2)33(36)12-13-34(21-23-8-6-5-7-9-23)22-27-16-26-19-31(39-3)32(40-4)20-28(26)27;5-3(6)1-2-4(7)8/h5-9,17-20,27H,10-16,21-22H2,1-4H3;1-2H,(H,5,6)(H,7,8)/b;2-1+/t27-;/m1./s1. The third kappa shape index (κ3) is 9.51. The summed E-state index contributed by atoms with van der Waals surface area (Å²) >= 11 is 0. The van der Waals surface area contributed by atoms with Crippen molar-refractivity contribution < 1.29 is 43.5 Å². The van der Waals surface area contributed by atoms with Crippen molar-refractivity contribution in [1.82, 2.24) is 9.80 Å². The van der Waals surface area contributed by atoms with E-state index in [2.05, 4.69) is 53.4 Å². The fraction of sp³-hybridized carbons (Fsp3) is 0.378. The van der Waals surface area contributed by atoms with Crippen LogP contribution in [0.15, 0.2) is 66.7 Å². The zero-order chi connectivity index (χ0) is 34.6. The van der Waals surface area contributed by atoms with Gasteiger partial charge in [0, 0.05) is 57.2 Å². The van der Waals surface area contributed by atoms with Crippen LogP contribution in [0.5, 0.6) is 23.0 Å². The Kier molecular flexibility index (Phi) is 12.8. The minimum absolute atomic E-state index is 0.213. The van der Waals surface area contributed by atoms with Crippen molar-refractivity contribution in [2.45, 2.75) is 38.1 Å². The molecule has 1 atom stereocenters. The molecule has 2 N–H and O–H groups in total. The van der Waals surface area contributed by atoms with Crippen LogP contribution in [-0.4, -0.2) is 92.5 Å². The molecule has 0 saturated carbocycles. The lowest BCUT2D eigenvalue weighted by Gasteiger charge is -2.36. The minimum atomic E-state index is -1.26. The Morgan fingerprint density at radius 2 is 1.27 bits per heavy atom. The van der Waals surface area contributed by atoms with Crippen LogP contribution >= 0.6 is 0 Å². The number of carboxylic acids is 2. The molecule has 1 aliphatic heterocycles. The Morgan fingerprint density at radius 1 is 0.771 bits per heavy atom. The van der Waals surface area contributed by atoms with Gasteiger partial charge in [0.15, 0.2) is 23.0 Å². The summed E-state index contributed by atoms with van der Waals surface area (Å²) in [4.78, 5) is 37.0. The maximum absolute atomic E-state index is 13.4. The zero-order valence-electron chi connectivity index (χ0n) is 27.9. The summed E-state index contributed by atoms with van der Waals surface area (Å²) in [5, 5.41) is 15.6. The van der Waals surface area contributed by atoms with Crippen molar-refractivity contribution in [2.24, 2.45) is 0 Å². The van der Waals surface area contributed by atoms with Crippen molar-refractivity contribution in [1.29, 1.82) is 0 Å². The van der Waals surface area contributed by atoms with E-state index in [0.717, 1.165) is 75.0 Å². The lowest BCUT2D eigenvalue weighted by atomic mass is 9.77. The molecule has 11 nitrogen and oxygen atoms in total. The smallest absolute Gasteiger partial charge is 0.328 e. The van der Waals surface area contributed by atoms with Crippen molar-refractivity contribution >= 4 is 17.8 Å². The summed E-state index contributed by atoms with van der Waals surface area (Å²) < 4.78 is 22.0. The number of nitrogens with zero attached hydrogens (tertiary/aromatic N) is 2. The van der Waals surface area contributed by atoms with E-state index in [1.807, 2.05) is 11.0 Å². The van der Waals surface area contributed by atoms with Crippen LogP contribution in [0.3, 0.4) is 0 Å². The maximum atomic E-state index is 13.4. The van der Waals surface area contributed by atoms with Gasteiger partial charge < -0.3 is 34.1 Å². The molecule has 2 aliphatic rings. The highest BCUT2D eigenvalue weighted by Crippen LogP contribution is 2.43. The summed E-state index contributed by atoms with van der Waals surface area (Å²) in [7, 11) is 6.68. The van der Waals surface area contributed by atoms with E-state index in [-0.39, 0.29) is 5.91 Å². The number of rotatable bonds is 13. The number of carbonyl (C=O) groups excluding carboxylic acids is 1. The molecule has 1 amide bonds. The third-order valence-corrected chi connectivity index (χ3v) is 8.65. The van der Waals surface area contributed by atoms with Crippen LogP contribution in [0.4, 0.5) is 0 Å². The summed E-state index contributed by atoms with van der Waals surface area (Å²) in [5.74, 6) is 1.14. The molecule has 48 heavy (non-hydrogen) atoms. The second kappa shape index (κ2) is 17.2. The second-order valence-electron chi connectivity index (χ2n) is 11.6. The maximum Gasteiger partial charge on any atom is 0.328 e. The molecular formula is C37H44N2O9. The topological polar surface area (TPSA) is 135 Å². The van der Waals surface area contributed by atoms with Gasteiger partial charge in [-0.25, -0.2) is 9.59 Å². The number of fused-ring (bicyclic) bond motifs is 2. The molecular weight excluding hydrogens is 616 g/mol. The molecule has 1 heterocycles. The highest BCUT2D eigenvalue weighted by atomic mass is 16.5. The minimum Gasteiger partial charge on any atom is -0.493 e. The highest BCUT2D eigenvalue weighted by Gasteiger charge is 2.30. The Balaban J connectivity index is 0.000000579. The fourth-order valence-corrected chi connectivity index (χ4v) is 6.14. The van der Waals surface area contributed by atoms with Gasteiger partial charge in [-0.1, -0.05) is 30.3 Å². The first-order chi connectivity index (χ1) is 23.1. The number of benzene rings is 3. The highest BCUT2D eigenvalue weighted by molar-refractivity contribution is 5.89. The summed E-state index contributed by atoms with van der Waals surface area (Å²) in [6.45, 7) is 3.88. The van der Waals surface area contributed by atoms with Crippen molar-refractivity contribution in [3.05, 3.63) is 94.6 Å². The van der Waals surface area contributed by atoms with Crippen LogP contribution in [0, 0.1) is 0 Å². The Bertz CT molecular complexity index is 1560. The molecule has 0 saturated heterocycles. The van der Waals surface area contributed by atoms with Crippen LogP contribution in [0.2, 0.25) is 0 Å². The molecule has 1 aliphatic carbocycles. The van der Waals surface area contributed by atoms with Gasteiger partial charge in [-0.15, -0.1) is 0 Å². The monoisotopic (exact) mass is 660 g/mol. The SMILES string of the molecule is COc1cc2c(cc1OC)CCN(C(=O)CCN(Cc1ccccc1)C[C@H]1Cc3cc(OC)c(OC)cc31)CC2.O=C(O)/C=C/C(=O)O. The van der Waals surface area contributed by atoms with Crippen LogP contribution in [0.25, 0.3) is 0 Å². The molecule has 11 heteroatoms. The molecule has 3 aromatic rings. The first kappa shape index (κ1) is 35.8. The number of ether oxygens (including phenoxy) is 4. The van der Waals surface area contributed by atoms with Crippen LogP contribution < -0.4 is 18.9 Å². The van der Waals surface area contributed by atoms with Gasteiger partial charge in [-0.05, 0) is 71.3 Å². The van der Waals surface area contributed by atoms with E-state index >= 15 is 0 Å². The first-order valence-electron chi connectivity index (χ1n) is 15.8. The van der Waals surface area contributed by atoms with E-state index in [4.69, 9.17) is 29.2 Å². The Labute approximate surface area is 281 Å². The van der Waals surface area contributed by atoms with E-state index in [1.54, 1.807) is 28.4 Å². The molecule has 0 aromatic heterocycles. The van der Waals surface area contributed by atoms with Gasteiger partial charge in [0.05, 0.1) is 28.4 Å². The predicted octanol–water partition coefficient (Wildman–Crippen LogP) is 4.59. The number of carboxylic acid groups (broad SMARTS) is 2. The summed E-state index contributed by atoms with van der Waals surface area (Å²) in [6.07, 6.45) is 4.26. The van der Waals surface area contributed by atoms with Gasteiger partial charge in [0.1, 0.15) is 0 Å². The lowest BCUT2D eigenvalue weighted by Crippen LogP contribution is -2.38. The number of methoxy groups -OCH3 is 4. The summed E-state index contributed by atoms with van der Waals surface area (Å²) in [6, 6.07) is 18.8. The predicted molar refractivity (Wildman–Crippen MR) is 180 cm³/mol. The molecule has 0 bridgehead atoms. The van der Waals surface area contributed by atoms with Crippen LogP contribution in [-0.2, 0) is 40.2 Å². The first-order valence-corrected chi connectivity index (χ1v) is 15.8. The largest absolute Gasteiger partial charge is 0.493 e. The molecule has 0 spiro atoms. The lowest BCUT2D eigenvalue weighted by molar-refractivity contribution is -0.134. The third-order valence-electron chi connectivity index (χ3n) is 8.65.